The minimum Gasteiger partial charge on any atom is -0.353 e. The Labute approximate surface area is 162 Å². The van der Waals surface area contributed by atoms with Gasteiger partial charge in [-0.25, -0.2) is 0 Å². The number of nitrogens with zero attached hydrogens (tertiary/aromatic N) is 1. The predicted molar refractivity (Wildman–Crippen MR) is 102 cm³/mol. The molecule has 3 unspecified atom stereocenters. The normalized spacial score (nSPS) is 27.7. The van der Waals surface area contributed by atoms with Gasteiger partial charge in [0, 0.05) is 42.4 Å². The van der Waals surface area contributed by atoms with Crippen LogP contribution in [0.25, 0.3) is 0 Å². The SMILES string of the molecule is O=C(CCC1CNC(=O)C2CC(NC(=O)C3CC3)CN12)NCc1cccs1. The molecule has 1 aliphatic carbocycles. The summed E-state index contributed by atoms with van der Waals surface area (Å²) in [6.07, 6.45) is 3.76. The minimum absolute atomic E-state index is 0.0297. The molecule has 146 valence electrons. The number of rotatable bonds is 7. The summed E-state index contributed by atoms with van der Waals surface area (Å²) in [6, 6.07) is 3.96. The van der Waals surface area contributed by atoms with Crippen molar-refractivity contribution in [1.29, 1.82) is 0 Å². The van der Waals surface area contributed by atoms with Gasteiger partial charge in [-0.2, -0.15) is 0 Å². The van der Waals surface area contributed by atoms with E-state index in [1.54, 1.807) is 11.3 Å². The molecule has 3 N–H and O–H groups in total. The molecule has 1 aromatic rings. The Morgan fingerprint density at radius 2 is 2.19 bits per heavy atom. The van der Waals surface area contributed by atoms with Gasteiger partial charge in [0.2, 0.25) is 17.7 Å². The summed E-state index contributed by atoms with van der Waals surface area (Å²) in [4.78, 5) is 39.7. The average Bonchev–Trinajstić information content (AvgIpc) is 3.21. The molecule has 7 nitrogen and oxygen atoms in total. The quantitative estimate of drug-likeness (QED) is 0.636. The van der Waals surface area contributed by atoms with Crippen molar-refractivity contribution < 1.29 is 14.4 Å². The minimum atomic E-state index is -0.192. The number of carbonyl (C=O) groups is 3. The van der Waals surface area contributed by atoms with Gasteiger partial charge in [-0.3, -0.25) is 19.3 Å². The van der Waals surface area contributed by atoms with E-state index in [9.17, 15) is 14.4 Å². The summed E-state index contributed by atoms with van der Waals surface area (Å²) < 4.78 is 0. The standard InChI is InChI=1S/C19H26N4O3S/c24-17(20-10-15-2-1-7-27-15)6-5-14-9-21-19(26)16-8-13(11-23(14)16)22-18(25)12-3-4-12/h1-2,7,12-14,16H,3-6,8-11H2,(H,20,24)(H,21,26)(H,22,25). The van der Waals surface area contributed by atoms with Crippen LogP contribution < -0.4 is 16.0 Å². The third-order valence-electron chi connectivity index (χ3n) is 5.66. The lowest BCUT2D eigenvalue weighted by molar-refractivity contribution is -0.129. The second-order valence-electron chi connectivity index (χ2n) is 7.72. The average molecular weight is 391 g/mol. The lowest BCUT2D eigenvalue weighted by Gasteiger charge is -2.37. The van der Waals surface area contributed by atoms with Gasteiger partial charge >= 0.3 is 0 Å². The fourth-order valence-electron chi connectivity index (χ4n) is 4.00. The van der Waals surface area contributed by atoms with Crippen LogP contribution in [0.1, 0.15) is 37.0 Å². The Balaban J connectivity index is 1.26. The van der Waals surface area contributed by atoms with Crippen LogP contribution in [0, 0.1) is 5.92 Å². The maximum Gasteiger partial charge on any atom is 0.237 e. The lowest BCUT2D eigenvalue weighted by Crippen LogP contribution is -2.58. The number of nitrogens with one attached hydrogen (secondary N) is 3. The molecule has 27 heavy (non-hydrogen) atoms. The first-order chi connectivity index (χ1) is 13.1. The first kappa shape index (κ1) is 18.4. The molecular weight excluding hydrogens is 364 g/mol. The van der Waals surface area contributed by atoms with Crippen molar-refractivity contribution in [2.75, 3.05) is 13.1 Å². The highest BCUT2D eigenvalue weighted by atomic mass is 32.1. The van der Waals surface area contributed by atoms with E-state index in [0.29, 0.717) is 38.9 Å². The highest BCUT2D eigenvalue weighted by Gasteiger charge is 2.44. The fourth-order valence-corrected chi connectivity index (χ4v) is 4.64. The maximum absolute atomic E-state index is 12.2. The Bertz CT molecular complexity index is 704. The summed E-state index contributed by atoms with van der Waals surface area (Å²) in [7, 11) is 0. The second-order valence-corrected chi connectivity index (χ2v) is 8.75. The Morgan fingerprint density at radius 3 is 2.93 bits per heavy atom. The Kier molecular flexibility index (Phi) is 5.45. The van der Waals surface area contributed by atoms with Crippen LogP contribution in [0.4, 0.5) is 0 Å². The number of amides is 3. The van der Waals surface area contributed by atoms with Crippen LogP contribution in [0.3, 0.4) is 0 Å². The van der Waals surface area contributed by atoms with E-state index in [1.165, 1.54) is 0 Å². The Morgan fingerprint density at radius 1 is 1.33 bits per heavy atom. The van der Waals surface area contributed by atoms with Gasteiger partial charge in [-0.05, 0) is 37.1 Å². The molecule has 2 saturated heterocycles. The summed E-state index contributed by atoms with van der Waals surface area (Å²) in [6.45, 7) is 1.83. The molecule has 4 rings (SSSR count). The topological polar surface area (TPSA) is 90.5 Å². The molecule has 3 aliphatic rings. The first-order valence-corrected chi connectivity index (χ1v) is 10.6. The monoisotopic (exact) mass is 390 g/mol. The molecule has 2 aliphatic heterocycles. The highest BCUT2D eigenvalue weighted by Crippen LogP contribution is 2.30. The molecule has 3 amide bonds. The van der Waals surface area contributed by atoms with E-state index in [2.05, 4.69) is 20.9 Å². The third-order valence-corrected chi connectivity index (χ3v) is 6.54. The molecule has 3 atom stereocenters. The molecule has 8 heteroatoms. The lowest BCUT2D eigenvalue weighted by atomic mass is 10.0. The van der Waals surface area contributed by atoms with Crippen molar-refractivity contribution in [2.24, 2.45) is 5.92 Å². The van der Waals surface area contributed by atoms with Crippen LogP contribution in [-0.4, -0.2) is 53.8 Å². The number of piperazine rings is 1. The molecule has 0 spiro atoms. The number of carbonyl (C=O) groups excluding carboxylic acids is 3. The highest BCUT2D eigenvalue weighted by molar-refractivity contribution is 7.09. The van der Waals surface area contributed by atoms with E-state index in [1.807, 2.05) is 17.5 Å². The van der Waals surface area contributed by atoms with Crippen LogP contribution in [-0.2, 0) is 20.9 Å². The van der Waals surface area contributed by atoms with Gasteiger partial charge in [-0.1, -0.05) is 6.07 Å². The van der Waals surface area contributed by atoms with E-state index in [-0.39, 0.29) is 41.8 Å². The van der Waals surface area contributed by atoms with Gasteiger partial charge in [0.15, 0.2) is 0 Å². The van der Waals surface area contributed by atoms with Gasteiger partial charge < -0.3 is 16.0 Å². The molecular formula is C19H26N4O3S. The van der Waals surface area contributed by atoms with Crippen LogP contribution >= 0.6 is 11.3 Å². The fraction of sp³-hybridized carbons (Fsp3) is 0.632. The maximum atomic E-state index is 12.2. The molecule has 1 saturated carbocycles. The van der Waals surface area contributed by atoms with E-state index in [0.717, 1.165) is 17.7 Å². The first-order valence-electron chi connectivity index (χ1n) is 9.73. The summed E-state index contributed by atoms with van der Waals surface area (Å²) in [5.74, 6) is 0.384. The van der Waals surface area contributed by atoms with Crippen molar-refractivity contribution >= 4 is 29.1 Å². The van der Waals surface area contributed by atoms with E-state index < -0.39 is 0 Å². The van der Waals surface area contributed by atoms with Crippen LogP contribution in [0.15, 0.2) is 17.5 Å². The van der Waals surface area contributed by atoms with Crippen molar-refractivity contribution in [2.45, 2.75) is 56.8 Å². The van der Waals surface area contributed by atoms with E-state index in [4.69, 9.17) is 0 Å². The molecule has 0 aromatic carbocycles. The van der Waals surface area contributed by atoms with Gasteiger partial charge in [0.05, 0.1) is 12.6 Å². The van der Waals surface area contributed by atoms with Gasteiger partial charge in [-0.15, -0.1) is 11.3 Å². The van der Waals surface area contributed by atoms with Crippen LogP contribution in [0.2, 0.25) is 0 Å². The molecule has 3 heterocycles. The summed E-state index contributed by atoms with van der Waals surface area (Å²) in [5, 5.41) is 11.0. The number of hydrogen-bond acceptors (Lipinski definition) is 5. The largest absolute Gasteiger partial charge is 0.353 e. The van der Waals surface area contributed by atoms with Crippen molar-refractivity contribution in [3.05, 3.63) is 22.4 Å². The smallest absolute Gasteiger partial charge is 0.237 e. The van der Waals surface area contributed by atoms with Crippen molar-refractivity contribution in [3.63, 3.8) is 0 Å². The van der Waals surface area contributed by atoms with Gasteiger partial charge in [0.1, 0.15) is 0 Å². The third kappa shape index (κ3) is 4.50. The molecule has 0 bridgehead atoms. The molecule has 1 aromatic heterocycles. The molecule has 3 fully saturated rings. The Hall–Kier alpha value is -1.93. The van der Waals surface area contributed by atoms with Crippen molar-refractivity contribution in [1.82, 2.24) is 20.9 Å². The van der Waals surface area contributed by atoms with Crippen LogP contribution in [0.5, 0.6) is 0 Å². The predicted octanol–water partition coefficient (Wildman–Crippen LogP) is 0.612. The van der Waals surface area contributed by atoms with E-state index >= 15 is 0 Å². The molecule has 0 radical (unpaired) electrons. The summed E-state index contributed by atoms with van der Waals surface area (Å²) >= 11 is 1.63. The number of fused-ring (bicyclic) bond motifs is 1. The summed E-state index contributed by atoms with van der Waals surface area (Å²) in [5.41, 5.74) is 0. The zero-order valence-electron chi connectivity index (χ0n) is 15.3. The number of hydrogen-bond donors (Lipinski definition) is 3. The zero-order chi connectivity index (χ0) is 18.8. The van der Waals surface area contributed by atoms with Gasteiger partial charge in [0.25, 0.3) is 0 Å². The number of thiophene rings is 1. The second kappa shape index (κ2) is 7.98. The zero-order valence-corrected chi connectivity index (χ0v) is 16.1. The van der Waals surface area contributed by atoms with Crippen molar-refractivity contribution in [3.8, 4) is 0 Å².